The highest BCUT2D eigenvalue weighted by molar-refractivity contribution is 5.96. The molecule has 3 amide bonds. The third kappa shape index (κ3) is 3.05. The molecule has 0 aromatic heterocycles. The summed E-state index contributed by atoms with van der Waals surface area (Å²) in [5.74, 6) is -0.411. The number of carbonyl (C=O) groups is 2. The Balaban J connectivity index is 1.74. The normalized spacial score (nSPS) is 21.6. The maximum atomic E-state index is 13.3. The van der Waals surface area contributed by atoms with Crippen molar-refractivity contribution in [3.8, 4) is 0 Å². The second-order valence-corrected chi connectivity index (χ2v) is 5.82. The predicted molar refractivity (Wildman–Crippen MR) is 81.2 cm³/mol. The SMILES string of the molecule is O=C1NCCCC[C@@H]1NC(=O)N1CCCc2cc(F)ccc21. The molecule has 2 aliphatic rings. The van der Waals surface area contributed by atoms with E-state index in [1.54, 1.807) is 11.0 Å². The number of rotatable bonds is 1. The van der Waals surface area contributed by atoms with E-state index in [-0.39, 0.29) is 17.8 Å². The Morgan fingerprint density at radius 2 is 2.18 bits per heavy atom. The van der Waals surface area contributed by atoms with E-state index >= 15 is 0 Å². The summed E-state index contributed by atoms with van der Waals surface area (Å²) < 4.78 is 13.3. The largest absolute Gasteiger partial charge is 0.354 e. The van der Waals surface area contributed by atoms with Gasteiger partial charge in [0.25, 0.3) is 0 Å². The Morgan fingerprint density at radius 3 is 3.05 bits per heavy atom. The van der Waals surface area contributed by atoms with Gasteiger partial charge < -0.3 is 10.6 Å². The molecule has 1 atom stereocenters. The predicted octanol–water partition coefficient (Wildman–Crippen LogP) is 1.96. The third-order valence-corrected chi connectivity index (χ3v) is 4.24. The van der Waals surface area contributed by atoms with Crippen LogP contribution < -0.4 is 15.5 Å². The van der Waals surface area contributed by atoms with Crippen LogP contribution in [0.1, 0.15) is 31.2 Å². The van der Waals surface area contributed by atoms with Gasteiger partial charge in [-0.1, -0.05) is 0 Å². The lowest BCUT2D eigenvalue weighted by molar-refractivity contribution is -0.122. The zero-order valence-electron chi connectivity index (χ0n) is 12.4. The number of anilines is 1. The van der Waals surface area contributed by atoms with Crippen LogP contribution in [0.25, 0.3) is 0 Å². The summed E-state index contributed by atoms with van der Waals surface area (Å²) in [5, 5.41) is 5.62. The lowest BCUT2D eigenvalue weighted by Gasteiger charge is -2.30. The summed E-state index contributed by atoms with van der Waals surface area (Å²) >= 11 is 0. The molecule has 0 spiro atoms. The standard InChI is InChI=1S/C16H20FN3O2/c17-12-6-7-14-11(10-12)4-3-9-20(14)16(22)19-13-5-1-2-8-18-15(13)21/h6-7,10,13H,1-5,8-9H2,(H,18,21)(H,19,22)/t13-/m0/s1. The first-order valence-electron chi connectivity index (χ1n) is 7.79. The number of fused-ring (bicyclic) bond motifs is 1. The van der Waals surface area contributed by atoms with Gasteiger partial charge in [-0.05, 0) is 55.9 Å². The number of amides is 3. The van der Waals surface area contributed by atoms with Crippen molar-refractivity contribution in [2.45, 2.75) is 38.1 Å². The molecular weight excluding hydrogens is 285 g/mol. The van der Waals surface area contributed by atoms with Crippen LogP contribution in [0.4, 0.5) is 14.9 Å². The van der Waals surface area contributed by atoms with Gasteiger partial charge in [-0.3, -0.25) is 9.69 Å². The van der Waals surface area contributed by atoms with E-state index in [9.17, 15) is 14.0 Å². The Kier molecular flexibility index (Phi) is 4.27. The van der Waals surface area contributed by atoms with Gasteiger partial charge in [0.05, 0.1) is 0 Å². The van der Waals surface area contributed by atoms with Gasteiger partial charge in [-0.15, -0.1) is 0 Å². The van der Waals surface area contributed by atoms with Crippen molar-refractivity contribution in [3.05, 3.63) is 29.6 Å². The van der Waals surface area contributed by atoms with E-state index in [1.165, 1.54) is 12.1 Å². The van der Waals surface area contributed by atoms with Crippen LogP contribution in [0.5, 0.6) is 0 Å². The second kappa shape index (κ2) is 6.34. The molecule has 0 unspecified atom stereocenters. The molecule has 0 bridgehead atoms. The van der Waals surface area contributed by atoms with Gasteiger partial charge in [-0.2, -0.15) is 0 Å². The maximum Gasteiger partial charge on any atom is 0.322 e. The number of nitrogens with one attached hydrogen (secondary N) is 2. The average Bonchev–Trinajstić information content (AvgIpc) is 2.71. The van der Waals surface area contributed by atoms with E-state index in [0.29, 0.717) is 19.5 Å². The topological polar surface area (TPSA) is 61.4 Å². The second-order valence-electron chi connectivity index (χ2n) is 5.82. The van der Waals surface area contributed by atoms with Gasteiger partial charge in [0.15, 0.2) is 0 Å². The number of halogens is 1. The van der Waals surface area contributed by atoms with E-state index in [4.69, 9.17) is 0 Å². The Bertz CT molecular complexity index is 591. The van der Waals surface area contributed by atoms with Crippen molar-refractivity contribution in [2.24, 2.45) is 0 Å². The zero-order valence-corrected chi connectivity index (χ0v) is 12.4. The molecule has 1 saturated heterocycles. The van der Waals surface area contributed by atoms with Crippen molar-refractivity contribution in [3.63, 3.8) is 0 Å². The molecule has 0 aliphatic carbocycles. The molecule has 1 aromatic rings. The van der Waals surface area contributed by atoms with Crippen LogP contribution in [0.3, 0.4) is 0 Å². The van der Waals surface area contributed by atoms with Crippen molar-refractivity contribution in [1.29, 1.82) is 0 Å². The van der Waals surface area contributed by atoms with Crippen LogP contribution in [-0.4, -0.2) is 31.1 Å². The molecule has 1 aromatic carbocycles. The maximum absolute atomic E-state index is 13.3. The summed E-state index contributed by atoms with van der Waals surface area (Å²) in [4.78, 5) is 26.0. The monoisotopic (exact) mass is 305 g/mol. The summed E-state index contributed by atoms with van der Waals surface area (Å²) in [6.07, 6.45) is 4.05. The lowest BCUT2D eigenvalue weighted by atomic mass is 10.0. The van der Waals surface area contributed by atoms with E-state index < -0.39 is 6.04 Å². The minimum atomic E-state index is -0.485. The first-order valence-corrected chi connectivity index (χ1v) is 7.79. The van der Waals surface area contributed by atoms with E-state index in [1.807, 2.05) is 0 Å². The van der Waals surface area contributed by atoms with Gasteiger partial charge >= 0.3 is 6.03 Å². The highest BCUT2D eigenvalue weighted by Crippen LogP contribution is 2.27. The number of hydrogen-bond acceptors (Lipinski definition) is 2. The lowest BCUT2D eigenvalue weighted by Crippen LogP contribution is -2.51. The fraction of sp³-hybridized carbons (Fsp3) is 0.500. The number of aryl methyl sites for hydroxylation is 1. The molecular formula is C16H20FN3O2. The van der Waals surface area contributed by atoms with Crippen molar-refractivity contribution in [2.75, 3.05) is 18.0 Å². The first-order chi connectivity index (χ1) is 10.6. The molecule has 0 radical (unpaired) electrons. The zero-order chi connectivity index (χ0) is 15.5. The molecule has 2 N–H and O–H groups in total. The average molecular weight is 305 g/mol. The molecule has 2 aliphatic heterocycles. The van der Waals surface area contributed by atoms with Gasteiger partial charge in [-0.25, -0.2) is 9.18 Å². The third-order valence-electron chi connectivity index (χ3n) is 4.24. The van der Waals surface area contributed by atoms with Crippen molar-refractivity contribution >= 4 is 17.6 Å². The van der Waals surface area contributed by atoms with Crippen LogP contribution >= 0.6 is 0 Å². The number of benzene rings is 1. The summed E-state index contributed by atoms with van der Waals surface area (Å²) in [6.45, 7) is 1.25. The molecule has 0 saturated carbocycles. The van der Waals surface area contributed by atoms with E-state index in [2.05, 4.69) is 10.6 Å². The van der Waals surface area contributed by atoms with Crippen LogP contribution in [0, 0.1) is 5.82 Å². The Hall–Kier alpha value is -2.11. The summed E-state index contributed by atoms with van der Waals surface area (Å²) in [6, 6.07) is 3.71. The molecule has 3 rings (SSSR count). The number of nitrogens with zero attached hydrogens (tertiary/aromatic N) is 1. The fourth-order valence-electron chi connectivity index (χ4n) is 3.08. The highest BCUT2D eigenvalue weighted by Gasteiger charge is 2.27. The van der Waals surface area contributed by atoms with E-state index in [0.717, 1.165) is 36.9 Å². The number of hydrogen-bond donors (Lipinski definition) is 2. The molecule has 22 heavy (non-hydrogen) atoms. The van der Waals surface area contributed by atoms with Crippen molar-refractivity contribution < 1.29 is 14.0 Å². The minimum absolute atomic E-state index is 0.123. The van der Waals surface area contributed by atoms with Gasteiger partial charge in [0.2, 0.25) is 5.91 Å². The van der Waals surface area contributed by atoms with Crippen LogP contribution in [0.15, 0.2) is 18.2 Å². The van der Waals surface area contributed by atoms with Crippen LogP contribution in [0.2, 0.25) is 0 Å². The van der Waals surface area contributed by atoms with Gasteiger partial charge in [0.1, 0.15) is 11.9 Å². The Morgan fingerprint density at radius 1 is 1.32 bits per heavy atom. The highest BCUT2D eigenvalue weighted by atomic mass is 19.1. The molecule has 1 fully saturated rings. The molecule has 6 heteroatoms. The fourth-order valence-corrected chi connectivity index (χ4v) is 3.08. The Labute approximate surface area is 128 Å². The summed E-state index contributed by atoms with van der Waals surface area (Å²) in [7, 11) is 0. The molecule has 118 valence electrons. The minimum Gasteiger partial charge on any atom is -0.354 e. The molecule has 2 heterocycles. The molecule has 5 nitrogen and oxygen atoms in total. The van der Waals surface area contributed by atoms with Crippen molar-refractivity contribution in [1.82, 2.24) is 10.6 Å². The number of carbonyl (C=O) groups excluding carboxylic acids is 2. The van der Waals surface area contributed by atoms with Gasteiger partial charge in [0, 0.05) is 18.8 Å². The quantitative estimate of drug-likeness (QED) is 0.833. The number of urea groups is 1. The smallest absolute Gasteiger partial charge is 0.322 e. The first kappa shape index (κ1) is 14.8. The summed E-state index contributed by atoms with van der Waals surface area (Å²) in [5.41, 5.74) is 1.57. The van der Waals surface area contributed by atoms with Crippen LogP contribution in [-0.2, 0) is 11.2 Å².